The molecule has 7 aliphatic rings. The van der Waals surface area contributed by atoms with Gasteiger partial charge in [-0.15, -0.1) is 11.8 Å². The van der Waals surface area contributed by atoms with Crippen molar-refractivity contribution in [1.29, 1.82) is 0 Å². The third-order valence-corrected chi connectivity index (χ3v) is 22.6. The van der Waals surface area contributed by atoms with Crippen LogP contribution in [0.15, 0.2) is 59.0 Å². The Hall–Kier alpha value is -3.37. The van der Waals surface area contributed by atoms with E-state index in [0.717, 1.165) is 0 Å². The van der Waals surface area contributed by atoms with E-state index in [-0.39, 0.29) is 55.4 Å². The van der Waals surface area contributed by atoms with Gasteiger partial charge in [-0.2, -0.15) is 0 Å². The number of anilines is 5. The van der Waals surface area contributed by atoms with E-state index >= 15 is 0 Å². The molecule has 4 aromatic rings. The van der Waals surface area contributed by atoms with Gasteiger partial charge in [0.1, 0.15) is 0 Å². The molecule has 2 atom stereocenters. The Balaban J connectivity index is 1.31. The summed E-state index contributed by atoms with van der Waals surface area (Å²) in [5.41, 5.74) is 26.2. The van der Waals surface area contributed by atoms with Gasteiger partial charge in [0.15, 0.2) is 0 Å². The molecule has 70 heavy (non-hydrogen) atoms. The van der Waals surface area contributed by atoms with Gasteiger partial charge >= 0.3 is 0 Å². The molecule has 372 valence electrons. The second-order valence-corrected chi connectivity index (χ2v) is 31.8. The Morgan fingerprint density at radius 2 is 0.814 bits per heavy atom. The van der Waals surface area contributed by atoms with E-state index in [1.54, 1.807) is 33.3 Å². The fraction of sp³-hybridized carbons (Fsp3) is 0.606. The van der Waals surface area contributed by atoms with E-state index in [2.05, 4.69) is 215 Å². The molecule has 4 aromatic carbocycles. The molecule has 3 heterocycles. The van der Waals surface area contributed by atoms with Crippen LogP contribution in [-0.4, -0.2) is 12.0 Å². The van der Waals surface area contributed by atoms with Crippen LogP contribution < -0.4 is 20.7 Å². The summed E-state index contributed by atoms with van der Waals surface area (Å²) >= 11 is 2.27. The SMILES string of the molecule is Cc1cc2c(cc1N1C3=C(B4c5cc6c(cc5N(c5cc7c(cc5C)C(C)(C)CCC7(C)C)c5cc(C(C)(C)C)cc1c54)C(C)(C)CCC6(C)C)C1C(S3)C(C)(C)CCC1(C)C)C(C)(C)CCC2(C)C. The number of thioether (sulfide) groups is 1. The maximum atomic E-state index is 2.89. The molecule has 0 aromatic heterocycles. The van der Waals surface area contributed by atoms with Crippen LogP contribution in [0.25, 0.3) is 0 Å². The number of nitrogens with zero attached hydrogens (tertiary/aromatic N) is 2. The first-order chi connectivity index (χ1) is 32.1. The number of aryl methyl sites for hydroxylation is 2. The highest BCUT2D eigenvalue weighted by Gasteiger charge is 2.60. The van der Waals surface area contributed by atoms with E-state index in [4.69, 9.17) is 0 Å². The third-order valence-electron chi connectivity index (χ3n) is 20.8. The smallest absolute Gasteiger partial charge is 0.248 e. The van der Waals surface area contributed by atoms with Crippen LogP contribution in [0.2, 0.25) is 0 Å². The van der Waals surface area contributed by atoms with Crippen molar-refractivity contribution in [3.8, 4) is 0 Å². The van der Waals surface area contributed by atoms with Crippen LogP contribution in [0.4, 0.5) is 28.4 Å². The van der Waals surface area contributed by atoms with Crippen LogP contribution in [0, 0.1) is 30.6 Å². The summed E-state index contributed by atoms with van der Waals surface area (Å²) in [4.78, 5) is 5.73. The lowest BCUT2D eigenvalue weighted by Gasteiger charge is -2.52. The van der Waals surface area contributed by atoms with Gasteiger partial charge in [0.25, 0.3) is 0 Å². The van der Waals surface area contributed by atoms with Gasteiger partial charge in [0, 0.05) is 33.7 Å². The van der Waals surface area contributed by atoms with E-state index < -0.39 is 0 Å². The summed E-state index contributed by atoms with van der Waals surface area (Å²) < 4.78 is 0. The number of allylic oxidation sites excluding steroid dienone is 1. The molecule has 4 heteroatoms. The minimum atomic E-state index is -0.0796. The molecule has 4 aliphatic carbocycles. The average molecular weight is 953 g/mol. The van der Waals surface area contributed by atoms with Gasteiger partial charge in [-0.05, 0) is 211 Å². The lowest BCUT2D eigenvalue weighted by Crippen LogP contribution is -2.59. The molecule has 1 saturated carbocycles. The van der Waals surface area contributed by atoms with Crippen molar-refractivity contribution in [2.45, 2.75) is 240 Å². The highest BCUT2D eigenvalue weighted by molar-refractivity contribution is 8.04. The second kappa shape index (κ2) is 14.7. The van der Waals surface area contributed by atoms with Crippen molar-refractivity contribution in [1.82, 2.24) is 0 Å². The fourth-order valence-electron chi connectivity index (χ4n) is 15.3. The number of rotatable bonds is 2. The van der Waals surface area contributed by atoms with Crippen LogP contribution in [0.1, 0.15) is 233 Å². The van der Waals surface area contributed by atoms with Gasteiger partial charge < -0.3 is 9.80 Å². The van der Waals surface area contributed by atoms with Crippen molar-refractivity contribution in [3.63, 3.8) is 0 Å². The zero-order valence-corrected chi connectivity index (χ0v) is 48.6. The summed E-state index contributed by atoms with van der Waals surface area (Å²) in [6.45, 7) is 53.1. The van der Waals surface area contributed by atoms with Crippen LogP contribution in [0.5, 0.6) is 0 Å². The maximum Gasteiger partial charge on any atom is 0.248 e. The molecule has 3 aliphatic heterocycles. The Morgan fingerprint density at radius 1 is 0.443 bits per heavy atom. The molecule has 2 nitrogen and oxygen atoms in total. The van der Waals surface area contributed by atoms with E-state index in [1.165, 1.54) is 118 Å². The fourth-order valence-corrected chi connectivity index (χ4v) is 17.3. The van der Waals surface area contributed by atoms with E-state index in [1.807, 2.05) is 0 Å². The van der Waals surface area contributed by atoms with Crippen LogP contribution >= 0.6 is 11.8 Å². The zero-order chi connectivity index (χ0) is 50.8. The van der Waals surface area contributed by atoms with Crippen molar-refractivity contribution < 1.29 is 0 Å². The number of hydrogen-bond acceptors (Lipinski definition) is 3. The Morgan fingerprint density at radius 3 is 1.26 bits per heavy atom. The van der Waals surface area contributed by atoms with Gasteiger partial charge in [-0.25, -0.2) is 0 Å². The van der Waals surface area contributed by atoms with E-state index in [9.17, 15) is 0 Å². The summed E-state index contributed by atoms with van der Waals surface area (Å²) in [5, 5.41) is 2.02. The third kappa shape index (κ3) is 6.91. The summed E-state index contributed by atoms with van der Waals surface area (Å²) in [5.74, 6) is 0.439. The Labute approximate surface area is 431 Å². The minimum Gasteiger partial charge on any atom is -0.311 e. The normalized spacial score (nSPS) is 26.3. The lowest BCUT2D eigenvalue weighted by atomic mass is 9.29. The first kappa shape index (κ1) is 48.9. The molecule has 0 bridgehead atoms. The predicted molar refractivity (Wildman–Crippen MR) is 307 cm³/mol. The van der Waals surface area contributed by atoms with Crippen molar-refractivity contribution >= 4 is 57.8 Å². The highest BCUT2D eigenvalue weighted by atomic mass is 32.2. The second-order valence-electron chi connectivity index (χ2n) is 30.7. The molecular formula is C66H89BN2S. The number of fused-ring (bicyclic) bond motifs is 8. The van der Waals surface area contributed by atoms with Crippen molar-refractivity contribution in [2.75, 3.05) is 9.80 Å². The van der Waals surface area contributed by atoms with Crippen LogP contribution in [-0.2, 0) is 37.9 Å². The molecule has 0 N–H and O–H groups in total. The van der Waals surface area contributed by atoms with E-state index in [0.29, 0.717) is 11.2 Å². The summed E-state index contributed by atoms with van der Waals surface area (Å²) in [7, 11) is 0. The average Bonchev–Trinajstić information content (AvgIpc) is 3.67. The monoisotopic (exact) mass is 953 g/mol. The first-order valence-corrected chi connectivity index (χ1v) is 28.7. The summed E-state index contributed by atoms with van der Waals surface area (Å²) in [6.07, 6.45) is 9.77. The standard InChI is InChI=1S/C66H89BN2S/c1-38-30-41-44(62(12,13)25-22-59(41,6)7)35-48(38)68-50-37-46-43(61(10,11)24-27-64(46,16)17)34-47(50)67-54-51(68)32-40(58(3,4)5)33-52(54)69(57-55(67)53-56(70-57)66(20,21)29-28-65(53,18)19)49-36-45-42(31-39(49)2)60(8,9)23-26-63(45,14)15/h30-37,53,56H,22-29H2,1-21H3. The molecule has 2 unspecified atom stereocenters. The summed E-state index contributed by atoms with van der Waals surface area (Å²) in [6, 6.07) is 21.6. The quantitative estimate of drug-likeness (QED) is 0.185. The van der Waals surface area contributed by atoms with Crippen LogP contribution in [0.3, 0.4) is 0 Å². The van der Waals surface area contributed by atoms with Gasteiger partial charge in [-0.3, -0.25) is 0 Å². The van der Waals surface area contributed by atoms with Crippen molar-refractivity contribution in [3.05, 3.63) is 109 Å². The molecular weight excluding hydrogens is 864 g/mol. The lowest BCUT2D eigenvalue weighted by molar-refractivity contribution is 0.0926. The zero-order valence-electron chi connectivity index (χ0n) is 47.8. The van der Waals surface area contributed by atoms with Gasteiger partial charge in [0.2, 0.25) is 6.71 Å². The topological polar surface area (TPSA) is 6.48 Å². The Bertz CT molecular complexity index is 2960. The minimum absolute atomic E-state index is 0.0744. The van der Waals surface area contributed by atoms with Crippen molar-refractivity contribution in [2.24, 2.45) is 16.7 Å². The largest absolute Gasteiger partial charge is 0.311 e. The molecule has 0 radical (unpaired) electrons. The predicted octanol–water partition coefficient (Wildman–Crippen LogP) is 17.5. The number of hydrogen-bond donors (Lipinski definition) is 0. The molecule has 0 amide bonds. The molecule has 1 fully saturated rings. The molecule has 11 rings (SSSR count). The Kier molecular flexibility index (Phi) is 10.3. The molecule has 0 saturated heterocycles. The maximum absolute atomic E-state index is 2.89. The number of benzene rings is 4. The molecule has 0 spiro atoms. The highest BCUT2D eigenvalue weighted by Crippen LogP contribution is 2.66. The van der Waals surface area contributed by atoms with Gasteiger partial charge in [-0.1, -0.05) is 155 Å². The first-order valence-electron chi connectivity index (χ1n) is 27.8. The van der Waals surface area contributed by atoms with Gasteiger partial charge in [0.05, 0.1) is 5.03 Å².